The molecule has 2 aromatic rings. The van der Waals surface area contributed by atoms with Crippen LogP contribution in [0.1, 0.15) is 33.4 Å². The lowest BCUT2D eigenvalue weighted by atomic mass is 10.1. The van der Waals surface area contributed by atoms with Gasteiger partial charge in [0.25, 0.3) is 0 Å². The van der Waals surface area contributed by atoms with E-state index in [1.807, 2.05) is 6.92 Å². The Morgan fingerprint density at radius 1 is 1.24 bits per heavy atom. The van der Waals surface area contributed by atoms with Gasteiger partial charge in [0.1, 0.15) is 9.88 Å². The van der Waals surface area contributed by atoms with Crippen LogP contribution in [-0.4, -0.2) is 48.8 Å². The van der Waals surface area contributed by atoms with Gasteiger partial charge in [-0.05, 0) is 32.9 Å². The van der Waals surface area contributed by atoms with Crippen LogP contribution >= 0.6 is 11.3 Å². The highest BCUT2D eigenvalue weighted by atomic mass is 32.1. The van der Waals surface area contributed by atoms with Gasteiger partial charge in [0, 0.05) is 25.2 Å². The second-order valence-electron chi connectivity index (χ2n) is 6.28. The Morgan fingerprint density at radius 2 is 1.92 bits per heavy atom. The summed E-state index contributed by atoms with van der Waals surface area (Å²) in [5.74, 6) is -0.279. The van der Waals surface area contributed by atoms with Crippen LogP contribution in [0.15, 0.2) is 18.2 Å². The molecule has 0 atom stereocenters. The second kappa shape index (κ2) is 8.08. The van der Waals surface area contributed by atoms with Crippen molar-refractivity contribution in [1.82, 2.24) is 9.88 Å². The van der Waals surface area contributed by atoms with Gasteiger partial charge in [-0.25, -0.2) is 9.78 Å². The molecular weight excluding hydrogens is 336 g/mol. The van der Waals surface area contributed by atoms with Gasteiger partial charge in [0.05, 0.1) is 25.5 Å². The first-order chi connectivity index (χ1) is 12.1. The van der Waals surface area contributed by atoms with E-state index in [1.165, 1.54) is 22.5 Å². The molecule has 2 heterocycles. The summed E-state index contributed by atoms with van der Waals surface area (Å²) in [6.45, 7) is 10.2. The van der Waals surface area contributed by atoms with E-state index in [2.05, 4.69) is 36.9 Å². The van der Waals surface area contributed by atoms with Gasteiger partial charge in [-0.1, -0.05) is 17.2 Å². The van der Waals surface area contributed by atoms with Crippen LogP contribution in [0.4, 0.5) is 0 Å². The minimum atomic E-state index is -0.279. The average Bonchev–Trinajstić information content (AvgIpc) is 2.99. The monoisotopic (exact) mass is 360 g/mol. The number of aryl methyl sites for hydroxylation is 2. The number of carbonyl (C=O) groups excluding carboxylic acids is 1. The third-order valence-electron chi connectivity index (χ3n) is 4.10. The highest BCUT2D eigenvalue weighted by molar-refractivity contribution is 7.17. The quantitative estimate of drug-likeness (QED) is 0.765. The molecular formula is C19H24N2O3S. The van der Waals surface area contributed by atoms with Gasteiger partial charge in [0.15, 0.2) is 0 Å². The number of rotatable bonds is 5. The Morgan fingerprint density at radius 3 is 2.56 bits per heavy atom. The minimum Gasteiger partial charge on any atom is -0.462 e. The topological polar surface area (TPSA) is 51.7 Å². The van der Waals surface area contributed by atoms with Crippen LogP contribution in [0.2, 0.25) is 0 Å². The molecule has 0 bridgehead atoms. The highest BCUT2D eigenvalue weighted by Crippen LogP contribution is 2.31. The Hall–Kier alpha value is -1.76. The first-order valence-corrected chi connectivity index (χ1v) is 9.44. The number of morpholine rings is 1. The van der Waals surface area contributed by atoms with Crippen LogP contribution in [-0.2, 0) is 16.0 Å². The molecule has 0 N–H and O–H groups in total. The maximum atomic E-state index is 12.4. The summed E-state index contributed by atoms with van der Waals surface area (Å²) in [4.78, 5) is 20.1. The number of hydrogen-bond donors (Lipinski definition) is 0. The molecule has 0 aliphatic carbocycles. The lowest BCUT2D eigenvalue weighted by molar-refractivity contribution is 0.0332. The van der Waals surface area contributed by atoms with E-state index in [0.717, 1.165) is 42.6 Å². The van der Waals surface area contributed by atoms with Gasteiger partial charge in [-0.2, -0.15) is 0 Å². The highest BCUT2D eigenvalue weighted by Gasteiger charge is 2.23. The van der Waals surface area contributed by atoms with Crippen molar-refractivity contribution in [2.24, 2.45) is 0 Å². The maximum Gasteiger partial charge on any atom is 0.350 e. The molecule has 0 amide bonds. The zero-order chi connectivity index (χ0) is 17.8. The number of aromatic nitrogens is 1. The fraction of sp³-hybridized carbons (Fsp3) is 0.474. The molecule has 6 heteroatoms. The summed E-state index contributed by atoms with van der Waals surface area (Å²) in [5, 5.41) is 0.873. The third-order valence-corrected chi connectivity index (χ3v) is 5.23. The van der Waals surface area contributed by atoms with Crippen molar-refractivity contribution in [2.75, 3.05) is 32.9 Å². The summed E-state index contributed by atoms with van der Waals surface area (Å²) in [6, 6.07) is 6.36. The van der Waals surface area contributed by atoms with Gasteiger partial charge in [-0.3, -0.25) is 4.90 Å². The molecule has 3 rings (SSSR count). The van der Waals surface area contributed by atoms with Crippen LogP contribution in [0.5, 0.6) is 0 Å². The predicted octanol–water partition coefficient (Wildman–Crippen LogP) is 3.44. The molecule has 134 valence electrons. The Kier molecular flexibility index (Phi) is 5.83. The summed E-state index contributed by atoms with van der Waals surface area (Å²) in [5.41, 5.74) is 4.25. The van der Waals surface area contributed by atoms with E-state index in [-0.39, 0.29) is 5.97 Å². The average molecular weight is 360 g/mol. The van der Waals surface area contributed by atoms with Crippen LogP contribution < -0.4 is 0 Å². The summed E-state index contributed by atoms with van der Waals surface area (Å²) < 4.78 is 10.6. The number of ether oxygens (including phenoxy) is 2. The Bertz CT molecular complexity index is 731. The van der Waals surface area contributed by atoms with Gasteiger partial charge in [-0.15, -0.1) is 11.3 Å². The van der Waals surface area contributed by atoms with Crippen molar-refractivity contribution in [2.45, 2.75) is 27.3 Å². The lowest BCUT2D eigenvalue weighted by Crippen LogP contribution is -2.36. The lowest BCUT2D eigenvalue weighted by Gasteiger charge is -2.25. The molecule has 5 nitrogen and oxygen atoms in total. The summed E-state index contributed by atoms with van der Waals surface area (Å²) in [6.07, 6.45) is 0. The number of carbonyl (C=O) groups is 1. The van der Waals surface area contributed by atoms with Crippen molar-refractivity contribution in [3.05, 3.63) is 39.9 Å². The van der Waals surface area contributed by atoms with Crippen molar-refractivity contribution >= 4 is 17.3 Å². The van der Waals surface area contributed by atoms with E-state index in [4.69, 9.17) is 14.5 Å². The standard InChI is InChI=1S/C19H24N2O3S/c1-4-24-19(22)17-16(12-21-5-7-23-8-6-21)20-18(25-17)15-10-13(2)9-14(3)11-15/h9-11H,4-8,12H2,1-3H3. The summed E-state index contributed by atoms with van der Waals surface area (Å²) in [7, 11) is 0. The molecule has 0 radical (unpaired) electrons. The first kappa shape index (κ1) is 18.0. The number of benzene rings is 1. The molecule has 1 saturated heterocycles. The van der Waals surface area contributed by atoms with Gasteiger partial charge >= 0.3 is 5.97 Å². The van der Waals surface area contributed by atoms with E-state index >= 15 is 0 Å². The Balaban J connectivity index is 1.94. The second-order valence-corrected chi connectivity index (χ2v) is 7.28. The zero-order valence-corrected chi connectivity index (χ0v) is 15.8. The smallest absolute Gasteiger partial charge is 0.350 e. The van der Waals surface area contributed by atoms with Crippen molar-refractivity contribution in [3.8, 4) is 10.6 Å². The molecule has 1 fully saturated rings. The molecule has 25 heavy (non-hydrogen) atoms. The van der Waals surface area contributed by atoms with Gasteiger partial charge < -0.3 is 9.47 Å². The van der Waals surface area contributed by atoms with E-state index in [9.17, 15) is 4.79 Å². The molecule has 1 aliphatic heterocycles. The molecule has 0 spiro atoms. The zero-order valence-electron chi connectivity index (χ0n) is 15.0. The Labute approximate surface area is 152 Å². The normalized spacial score (nSPS) is 15.3. The van der Waals surface area contributed by atoms with E-state index in [1.54, 1.807) is 0 Å². The first-order valence-electron chi connectivity index (χ1n) is 8.62. The summed E-state index contributed by atoms with van der Waals surface area (Å²) >= 11 is 1.42. The maximum absolute atomic E-state index is 12.4. The van der Waals surface area contributed by atoms with Crippen LogP contribution in [0.25, 0.3) is 10.6 Å². The van der Waals surface area contributed by atoms with Crippen LogP contribution in [0.3, 0.4) is 0 Å². The number of hydrogen-bond acceptors (Lipinski definition) is 6. The molecule has 1 aromatic carbocycles. The van der Waals surface area contributed by atoms with Crippen LogP contribution in [0, 0.1) is 13.8 Å². The molecule has 1 aromatic heterocycles. The molecule has 0 saturated carbocycles. The largest absolute Gasteiger partial charge is 0.462 e. The number of thiazole rings is 1. The fourth-order valence-corrected chi connectivity index (χ4v) is 3.96. The number of esters is 1. The third kappa shape index (κ3) is 4.45. The predicted molar refractivity (Wildman–Crippen MR) is 99.1 cm³/mol. The molecule has 0 unspecified atom stereocenters. The van der Waals surface area contributed by atoms with Crippen molar-refractivity contribution in [3.63, 3.8) is 0 Å². The van der Waals surface area contributed by atoms with Crippen molar-refractivity contribution < 1.29 is 14.3 Å². The SMILES string of the molecule is CCOC(=O)c1sc(-c2cc(C)cc(C)c2)nc1CN1CCOCC1. The number of nitrogens with zero attached hydrogens (tertiary/aromatic N) is 2. The molecule has 1 aliphatic rings. The van der Waals surface area contributed by atoms with E-state index in [0.29, 0.717) is 18.0 Å². The van der Waals surface area contributed by atoms with E-state index < -0.39 is 0 Å². The fourth-order valence-electron chi connectivity index (χ4n) is 3.01. The van der Waals surface area contributed by atoms with Crippen molar-refractivity contribution in [1.29, 1.82) is 0 Å². The van der Waals surface area contributed by atoms with Gasteiger partial charge in [0.2, 0.25) is 0 Å². The minimum absolute atomic E-state index is 0.279.